The normalized spacial score (nSPS) is 15.0. The molecule has 0 unspecified atom stereocenters. The molecule has 49 heavy (non-hydrogen) atoms. The topological polar surface area (TPSA) is 76.1 Å². The fourth-order valence-corrected chi connectivity index (χ4v) is 5.49. The summed E-state index contributed by atoms with van der Waals surface area (Å²) in [6, 6.07) is 22.3. The van der Waals surface area contributed by atoms with Crippen LogP contribution in [0.15, 0.2) is 84.9 Å². The molecule has 2 saturated heterocycles. The number of aromatic carboxylic acids is 1. The molecule has 0 spiro atoms. The van der Waals surface area contributed by atoms with Gasteiger partial charge in [0.2, 0.25) is 0 Å². The first-order valence-corrected chi connectivity index (χ1v) is 16.2. The molecule has 1 amide bonds. The van der Waals surface area contributed by atoms with Gasteiger partial charge in [-0.3, -0.25) is 4.79 Å². The van der Waals surface area contributed by atoms with Crippen molar-refractivity contribution in [2.45, 2.75) is 12.8 Å². The number of nitrogens with one attached hydrogen (secondary N) is 1. The molecule has 0 saturated carbocycles. The Morgan fingerprint density at radius 1 is 0.612 bits per heavy atom. The minimum absolute atomic E-state index is 0.0477. The van der Waals surface area contributed by atoms with E-state index in [1.165, 1.54) is 19.2 Å². The minimum atomic E-state index is -1.26. The number of hydrogen-bond donors (Lipinski definition) is 2. The van der Waals surface area contributed by atoms with Gasteiger partial charge in [-0.15, -0.1) is 0 Å². The summed E-state index contributed by atoms with van der Waals surface area (Å²) in [5.41, 5.74) is 1.61. The summed E-state index contributed by atoms with van der Waals surface area (Å²) in [4.78, 5) is 30.0. The average Bonchev–Trinajstić information content (AvgIpc) is 3.11. The number of carboxylic acids is 1. The zero-order chi connectivity index (χ0) is 35.3. The van der Waals surface area contributed by atoms with Crippen LogP contribution in [-0.2, 0) is 12.8 Å². The number of halogens is 4. The second-order valence-electron chi connectivity index (χ2n) is 12.1. The Morgan fingerprint density at radius 3 is 1.47 bits per heavy atom. The van der Waals surface area contributed by atoms with E-state index in [0.29, 0.717) is 13.1 Å². The summed E-state index contributed by atoms with van der Waals surface area (Å²) < 4.78 is 54.9. The molecule has 2 N–H and O–H groups in total. The summed E-state index contributed by atoms with van der Waals surface area (Å²) >= 11 is 0. The summed E-state index contributed by atoms with van der Waals surface area (Å²) in [7, 11) is 4.15. The molecule has 0 aromatic heterocycles. The first-order chi connectivity index (χ1) is 23.5. The van der Waals surface area contributed by atoms with Gasteiger partial charge in [0.15, 0.2) is 23.3 Å². The van der Waals surface area contributed by atoms with Crippen molar-refractivity contribution in [3.63, 3.8) is 0 Å². The molecule has 6 rings (SSSR count). The highest BCUT2D eigenvalue weighted by Crippen LogP contribution is 2.23. The third kappa shape index (κ3) is 10.7. The van der Waals surface area contributed by atoms with Gasteiger partial charge in [-0.2, -0.15) is 0 Å². The van der Waals surface area contributed by atoms with Crippen molar-refractivity contribution in [2.75, 3.05) is 66.5 Å². The van der Waals surface area contributed by atoms with Crippen molar-refractivity contribution in [3.8, 4) is 0 Å². The molecule has 0 radical (unpaired) electrons. The van der Waals surface area contributed by atoms with E-state index >= 15 is 0 Å². The van der Waals surface area contributed by atoms with Gasteiger partial charge >= 0.3 is 5.97 Å². The standard InChI is InChI=1S/C19H20F2N2O.C14H10F2O2.C5H12N2/c1-22-9-11-23(12-10-22)19(24)15-7-8-17(20)18(21)16(15)13-14-5-3-2-4-6-14;15-12-7-6-10(14(17)18)11(13(12)16)8-9-4-2-1-3-5-9;1-7-4-2-6-3-5-7/h2-8H,9-13H2,1H3;1-7H,8H2,(H,17,18);6H,2-5H2,1H3. The van der Waals surface area contributed by atoms with E-state index in [4.69, 9.17) is 5.11 Å². The largest absolute Gasteiger partial charge is 0.478 e. The number of nitrogens with zero attached hydrogens (tertiary/aromatic N) is 3. The lowest BCUT2D eigenvalue weighted by Gasteiger charge is -2.33. The van der Waals surface area contributed by atoms with Crippen LogP contribution in [-0.4, -0.2) is 98.1 Å². The Morgan fingerprint density at radius 2 is 1.04 bits per heavy atom. The van der Waals surface area contributed by atoms with Crippen LogP contribution >= 0.6 is 0 Å². The molecule has 4 aromatic rings. The number of likely N-dealkylation sites (N-methyl/N-ethyl adjacent to an activating group) is 2. The third-order valence-corrected chi connectivity index (χ3v) is 8.43. The second kappa shape index (κ2) is 18.3. The predicted molar refractivity (Wildman–Crippen MR) is 182 cm³/mol. The van der Waals surface area contributed by atoms with Gasteiger partial charge in [0.1, 0.15) is 0 Å². The lowest BCUT2D eigenvalue weighted by atomic mass is 9.97. The fourth-order valence-electron chi connectivity index (χ4n) is 5.49. The number of amides is 1. The average molecular weight is 679 g/mol. The van der Waals surface area contributed by atoms with Crippen LogP contribution < -0.4 is 5.32 Å². The van der Waals surface area contributed by atoms with Crippen LogP contribution in [0.3, 0.4) is 0 Å². The number of benzene rings is 4. The van der Waals surface area contributed by atoms with E-state index in [1.807, 2.05) is 37.4 Å². The van der Waals surface area contributed by atoms with Crippen LogP contribution in [0.4, 0.5) is 17.6 Å². The number of rotatable bonds is 6. The Labute approximate surface area is 284 Å². The summed E-state index contributed by atoms with van der Waals surface area (Å²) in [5.74, 6) is -5.48. The van der Waals surface area contributed by atoms with Crippen LogP contribution in [0.25, 0.3) is 0 Å². The monoisotopic (exact) mass is 678 g/mol. The third-order valence-electron chi connectivity index (χ3n) is 8.43. The quantitative estimate of drug-likeness (QED) is 0.255. The summed E-state index contributed by atoms with van der Waals surface area (Å²) in [5, 5.41) is 12.2. The number of carboxylic acid groups (broad SMARTS) is 1. The molecule has 0 bridgehead atoms. The second-order valence-corrected chi connectivity index (χ2v) is 12.1. The molecule has 2 heterocycles. The van der Waals surface area contributed by atoms with E-state index in [1.54, 1.807) is 35.2 Å². The zero-order valence-corrected chi connectivity index (χ0v) is 27.8. The van der Waals surface area contributed by atoms with Gasteiger partial charge < -0.3 is 25.1 Å². The first-order valence-electron chi connectivity index (χ1n) is 16.2. The van der Waals surface area contributed by atoms with Crippen molar-refractivity contribution < 1.29 is 32.3 Å². The molecule has 2 fully saturated rings. The SMILES string of the molecule is CN1CCN(C(=O)c2ccc(F)c(F)c2Cc2ccccc2)CC1.CN1CCNCC1.O=C(O)c1ccc(F)c(F)c1Cc1ccccc1. The number of carbonyl (C=O) groups excluding carboxylic acids is 1. The number of carbonyl (C=O) groups is 2. The van der Waals surface area contributed by atoms with Crippen molar-refractivity contribution in [2.24, 2.45) is 0 Å². The highest BCUT2D eigenvalue weighted by atomic mass is 19.2. The van der Waals surface area contributed by atoms with E-state index in [2.05, 4.69) is 22.2 Å². The number of hydrogen-bond acceptors (Lipinski definition) is 5. The lowest BCUT2D eigenvalue weighted by molar-refractivity contribution is 0.0660. The summed E-state index contributed by atoms with van der Waals surface area (Å²) in [6.07, 6.45) is 0.241. The Balaban J connectivity index is 0.000000189. The minimum Gasteiger partial charge on any atom is -0.478 e. The van der Waals surface area contributed by atoms with Crippen molar-refractivity contribution in [1.82, 2.24) is 20.0 Å². The molecule has 260 valence electrons. The van der Waals surface area contributed by atoms with Gasteiger partial charge in [-0.05, 0) is 49.5 Å². The smallest absolute Gasteiger partial charge is 0.336 e. The molecule has 11 heteroatoms. The maximum atomic E-state index is 14.4. The number of piperazine rings is 2. The van der Waals surface area contributed by atoms with E-state index in [9.17, 15) is 27.2 Å². The van der Waals surface area contributed by atoms with E-state index in [-0.39, 0.29) is 41.0 Å². The van der Waals surface area contributed by atoms with Crippen molar-refractivity contribution >= 4 is 11.9 Å². The Kier molecular flexibility index (Phi) is 13.9. The molecule has 2 aliphatic rings. The van der Waals surface area contributed by atoms with Gasteiger partial charge in [-0.25, -0.2) is 22.4 Å². The van der Waals surface area contributed by atoms with Crippen molar-refractivity contribution in [3.05, 3.63) is 142 Å². The predicted octanol–water partition coefficient (Wildman–Crippen LogP) is 5.72. The maximum Gasteiger partial charge on any atom is 0.336 e. The van der Waals surface area contributed by atoms with Gasteiger partial charge in [-0.1, -0.05) is 60.7 Å². The van der Waals surface area contributed by atoms with Crippen LogP contribution in [0.2, 0.25) is 0 Å². The molecular weight excluding hydrogens is 636 g/mol. The van der Waals surface area contributed by atoms with Gasteiger partial charge in [0.25, 0.3) is 5.91 Å². The van der Waals surface area contributed by atoms with E-state index in [0.717, 1.165) is 55.5 Å². The van der Waals surface area contributed by atoms with Crippen LogP contribution in [0, 0.1) is 23.3 Å². The van der Waals surface area contributed by atoms with E-state index < -0.39 is 29.2 Å². The lowest BCUT2D eigenvalue weighted by Crippen LogP contribution is -2.47. The van der Waals surface area contributed by atoms with Gasteiger partial charge in [0, 0.05) is 81.9 Å². The van der Waals surface area contributed by atoms with Gasteiger partial charge in [0.05, 0.1) is 5.56 Å². The summed E-state index contributed by atoms with van der Waals surface area (Å²) in [6.45, 7) is 7.50. The maximum absolute atomic E-state index is 14.4. The first kappa shape index (κ1) is 37.2. The van der Waals surface area contributed by atoms with Crippen molar-refractivity contribution in [1.29, 1.82) is 0 Å². The van der Waals surface area contributed by atoms with Crippen LogP contribution in [0.1, 0.15) is 43.0 Å². The molecular formula is C38H42F4N4O3. The molecule has 4 aromatic carbocycles. The zero-order valence-electron chi connectivity index (χ0n) is 27.8. The molecule has 0 aliphatic carbocycles. The fraction of sp³-hybridized carbons (Fsp3) is 0.316. The molecule has 0 atom stereocenters. The Hall–Kier alpha value is -4.58. The van der Waals surface area contributed by atoms with Crippen LogP contribution in [0.5, 0.6) is 0 Å². The Bertz CT molecular complexity index is 1680. The highest BCUT2D eigenvalue weighted by molar-refractivity contribution is 5.96. The molecule has 2 aliphatic heterocycles. The highest BCUT2D eigenvalue weighted by Gasteiger charge is 2.25. The molecule has 7 nitrogen and oxygen atoms in total.